The van der Waals surface area contributed by atoms with Crippen molar-refractivity contribution >= 4 is 56.3 Å². The minimum Gasteiger partial charge on any atom is -0.508 e. The number of thiazole rings is 1. The van der Waals surface area contributed by atoms with Crippen molar-refractivity contribution in [3.63, 3.8) is 0 Å². The molecule has 1 aliphatic rings. The molecule has 376 valence electrons. The van der Waals surface area contributed by atoms with Crippen LogP contribution in [0.1, 0.15) is 60.8 Å². The molecule has 0 aliphatic carbocycles. The van der Waals surface area contributed by atoms with Crippen LogP contribution in [0.2, 0.25) is 0 Å². The summed E-state index contributed by atoms with van der Waals surface area (Å²) < 4.78 is 34.6. The average molecular weight is 1010 g/mol. The quantitative estimate of drug-likeness (QED) is 0.0370. The van der Waals surface area contributed by atoms with E-state index in [9.17, 15) is 24.3 Å². The number of aromatic nitrogens is 1. The van der Waals surface area contributed by atoms with Crippen LogP contribution in [0.15, 0.2) is 96.5 Å². The Balaban J connectivity index is 0.734. The molecule has 0 bridgehead atoms. The number of benzene rings is 4. The second kappa shape index (κ2) is 25.3. The highest BCUT2D eigenvalue weighted by atomic mass is 32.1. The third-order valence-electron chi connectivity index (χ3n) is 11.9. The lowest BCUT2D eigenvalue weighted by atomic mass is 9.85. The van der Waals surface area contributed by atoms with Crippen LogP contribution < -0.4 is 20.1 Å². The summed E-state index contributed by atoms with van der Waals surface area (Å²) in [6, 6.07) is 26.1. The van der Waals surface area contributed by atoms with Crippen LogP contribution in [0.3, 0.4) is 0 Å². The van der Waals surface area contributed by atoms with Gasteiger partial charge in [0.25, 0.3) is 0 Å². The molecular formula is C54H62N4O11S2. The Labute approximate surface area is 422 Å². The summed E-state index contributed by atoms with van der Waals surface area (Å²) in [4.78, 5) is 62.0. The van der Waals surface area contributed by atoms with Gasteiger partial charge >= 0.3 is 0 Å². The number of ketones is 1. The zero-order valence-electron chi connectivity index (χ0n) is 40.8. The molecule has 0 radical (unpaired) electrons. The first-order valence-electron chi connectivity index (χ1n) is 23.7. The van der Waals surface area contributed by atoms with E-state index in [2.05, 4.69) is 15.6 Å². The van der Waals surface area contributed by atoms with Crippen molar-refractivity contribution in [2.45, 2.75) is 59.2 Å². The topological polar surface area (TPSA) is 184 Å². The number of nitrogens with one attached hydrogen (secondary N) is 2. The van der Waals surface area contributed by atoms with Crippen molar-refractivity contribution in [1.29, 1.82) is 0 Å². The lowest BCUT2D eigenvalue weighted by molar-refractivity contribution is -0.144. The van der Waals surface area contributed by atoms with Crippen molar-refractivity contribution in [1.82, 2.24) is 20.5 Å². The van der Waals surface area contributed by atoms with E-state index < -0.39 is 23.4 Å². The zero-order chi connectivity index (χ0) is 50.3. The van der Waals surface area contributed by atoms with Gasteiger partial charge in [0, 0.05) is 39.2 Å². The fraction of sp³-hybridized carbons (Fsp3) is 0.389. The molecule has 3 heterocycles. The zero-order valence-corrected chi connectivity index (χ0v) is 42.5. The lowest BCUT2D eigenvalue weighted by Crippen LogP contribution is -2.58. The molecule has 3 N–H and O–H groups in total. The van der Waals surface area contributed by atoms with Gasteiger partial charge in [0.2, 0.25) is 17.7 Å². The number of hydrogen-bond donors (Lipinski definition) is 3. The Kier molecular flexibility index (Phi) is 18.7. The summed E-state index contributed by atoms with van der Waals surface area (Å²) in [6.45, 7) is 10.7. The van der Waals surface area contributed by atoms with E-state index in [1.54, 1.807) is 71.9 Å². The Morgan fingerprint density at radius 2 is 1.41 bits per heavy atom. The average Bonchev–Trinajstić information content (AvgIpc) is 4.14. The lowest BCUT2D eigenvalue weighted by Gasteiger charge is -2.35. The van der Waals surface area contributed by atoms with E-state index >= 15 is 0 Å². The monoisotopic (exact) mass is 1010 g/mol. The molecule has 0 spiro atoms. The number of fused-ring (bicyclic) bond motifs is 1. The molecule has 3 amide bonds. The van der Waals surface area contributed by atoms with Gasteiger partial charge in [0.15, 0.2) is 5.78 Å². The smallest absolute Gasteiger partial charge is 0.246 e. The number of carbonyl (C=O) groups excluding carboxylic acids is 4. The molecule has 1 fully saturated rings. The fourth-order valence-corrected chi connectivity index (χ4v) is 10.2. The highest BCUT2D eigenvalue weighted by molar-refractivity contribution is 7.22. The summed E-state index contributed by atoms with van der Waals surface area (Å²) in [7, 11) is 1.61. The maximum absolute atomic E-state index is 14.0. The maximum atomic E-state index is 14.0. The Bertz CT molecular complexity index is 2720. The Morgan fingerprint density at radius 1 is 0.789 bits per heavy atom. The largest absolute Gasteiger partial charge is 0.508 e. The van der Waals surface area contributed by atoms with Crippen molar-refractivity contribution in [3.05, 3.63) is 119 Å². The van der Waals surface area contributed by atoms with E-state index in [1.165, 1.54) is 11.3 Å². The van der Waals surface area contributed by atoms with Crippen LogP contribution in [-0.4, -0.2) is 124 Å². The van der Waals surface area contributed by atoms with Gasteiger partial charge in [0.05, 0.1) is 69.4 Å². The number of carbonyl (C=O) groups is 4. The molecule has 71 heavy (non-hydrogen) atoms. The number of aryl methyl sites for hydroxylation is 1. The molecule has 7 rings (SSSR count). The summed E-state index contributed by atoms with van der Waals surface area (Å²) in [5.41, 5.74) is 6.18. The van der Waals surface area contributed by atoms with Crippen molar-refractivity contribution in [2.24, 2.45) is 5.41 Å². The van der Waals surface area contributed by atoms with E-state index in [0.29, 0.717) is 88.2 Å². The number of thiophene rings is 1. The number of methoxy groups -OCH3 is 1. The van der Waals surface area contributed by atoms with Gasteiger partial charge in [-0.2, -0.15) is 0 Å². The third-order valence-corrected chi connectivity index (χ3v) is 14.1. The van der Waals surface area contributed by atoms with Crippen LogP contribution >= 0.6 is 22.7 Å². The van der Waals surface area contributed by atoms with Gasteiger partial charge in [-0.1, -0.05) is 45.0 Å². The van der Waals surface area contributed by atoms with Crippen LogP contribution in [0.5, 0.6) is 17.2 Å². The first-order chi connectivity index (χ1) is 34.3. The Hall–Kier alpha value is -6.21. The molecule has 2 atom stereocenters. The van der Waals surface area contributed by atoms with Gasteiger partial charge in [-0.05, 0) is 109 Å². The van der Waals surface area contributed by atoms with Gasteiger partial charge in [-0.25, -0.2) is 4.98 Å². The molecule has 2 aromatic heterocycles. The second-order valence-corrected chi connectivity index (χ2v) is 20.0. The Morgan fingerprint density at radius 3 is 2.04 bits per heavy atom. The first-order valence-corrected chi connectivity index (χ1v) is 25.4. The van der Waals surface area contributed by atoms with Crippen LogP contribution in [0.25, 0.3) is 31.0 Å². The summed E-state index contributed by atoms with van der Waals surface area (Å²) in [5.74, 6) is 0.414. The number of rotatable bonds is 25. The van der Waals surface area contributed by atoms with E-state index in [0.717, 1.165) is 42.2 Å². The SMILES string of the molecule is COc1ccc2c(C(=O)c3ccc(OCCOCCOCCOCCOCC(=O)NC(C(=O)N4CCC[C@H]4C(=O)NCc4ccc(-c5scnc5C)cc4)C(C)(C)C)cc3)c(-c3ccc(O)cc3)sc2c1. The van der Waals surface area contributed by atoms with E-state index in [1.807, 2.05) is 75.7 Å². The van der Waals surface area contributed by atoms with Crippen molar-refractivity contribution in [2.75, 3.05) is 73.1 Å². The fourth-order valence-electron chi connectivity index (χ4n) is 8.12. The number of likely N-dealkylation sites (tertiary alicyclic amines) is 1. The van der Waals surface area contributed by atoms with Gasteiger partial charge < -0.3 is 49.1 Å². The van der Waals surface area contributed by atoms with E-state index in [-0.39, 0.29) is 43.2 Å². The number of nitrogens with zero attached hydrogens (tertiary/aromatic N) is 2. The number of ether oxygens (including phenoxy) is 6. The molecule has 15 nitrogen and oxygen atoms in total. The predicted octanol–water partition coefficient (Wildman–Crippen LogP) is 8.23. The number of aromatic hydroxyl groups is 1. The molecule has 1 unspecified atom stereocenters. The molecule has 4 aromatic carbocycles. The van der Waals surface area contributed by atoms with Crippen LogP contribution in [0.4, 0.5) is 0 Å². The van der Waals surface area contributed by atoms with Gasteiger partial charge in [0.1, 0.15) is 42.5 Å². The number of hydrogen-bond acceptors (Lipinski definition) is 14. The first kappa shape index (κ1) is 52.6. The molecule has 1 aliphatic heterocycles. The van der Waals surface area contributed by atoms with Gasteiger partial charge in [-0.3, -0.25) is 19.2 Å². The number of phenols is 1. The predicted molar refractivity (Wildman–Crippen MR) is 274 cm³/mol. The minimum atomic E-state index is -0.852. The summed E-state index contributed by atoms with van der Waals surface area (Å²) in [5, 5.41) is 16.5. The molecule has 17 heteroatoms. The third kappa shape index (κ3) is 14.2. The number of phenolic OH excluding ortho intramolecular Hbond substituents is 1. The van der Waals surface area contributed by atoms with Gasteiger partial charge in [-0.15, -0.1) is 22.7 Å². The molecule has 1 saturated heterocycles. The summed E-state index contributed by atoms with van der Waals surface area (Å²) in [6.07, 6.45) is 1.24. The highest BCUT2D eigenvalue weighted by Crippen LogP contribution is 2.42. The van der Waals surface area contributed by atoms with Crippen LogP contribution in [-0.2, 0) is 39.9 Å². The molecule has 6 aromatic rings. The number of amides is 3. The molecule has 0 saturated carbocycles. The van der Waals surface area contributed by atoms with Crippen LogP contribution in [0, 0.1) is 12.3 Å². The minimum absolute atomic E-state index is 0.118. The standard InChI is InChI=1S/C54H62N4O11S2/c1-35-49(70-34-56-35)38-10-8-36(9-11-38)32-55-52(62)44-7-6-22-58(44)53(63)51(54(2,3)4)57-46(60)33-68-28-27-66-24-23-65-25-26-67-29-30-69-41-18-14-37(15-19-41)48(61)47-43-21-20-42(64-5)31-45(43)71-50(47)39-12-16-40(59)17-13-39/h8-21,31,34,44,51,59H,6-7,22-30,32-33H2,1-5H3,(H,55,62)(H,57,60)/t44-,51?/m0/s1. The second-order valence-electron chi connectivity index (χ2n) is 18.0. The van der Waals surface area contributed by atoms with Crippen molar-refractivity contribution < 1.29 is 52.7 Å². The highest BCUT2D eigenvalue weighted by Gasteiger charge is 2.42. The van der Waals surface area contributed by atoms with E-state index in [4.69, 9.17) is 28.4 Å². The van der Waals surface area contributed by atoms with Crippen molar-refractivity contribution in [3.8, 4) is 38.1 Å². The maximum Gasteiger partial charge on any atom is 0.246 e. The molecular weight excluding hydrogens is 945 g/mol. The summed E-state index contributed by atoms with van der Waals surface area (Å²) >= 11 is 3.09. The normalized spacial score (nSPS) is 14.1.